The molecule has 0 bridgehead atoms. The second-order valence-corrected chi connectivity index (χ2v) is 6.00. The average Bonchev–Trinajstić information content (AvgIpc) is 2.42. The number of hydrogen-bond acceptors (Lipinski definition) is 4. The minimum Gasteiger partial charge on any atom is -0.301 e. The molecule has 0 unspecified atom stereocenters. The van der Waals surface area contributed by atoms with E-state index in [1.807, 2.05) is 0 Å². The fourth-order valence-corrected chi connectivity index (χ4v) is 2.44. The Morgan fingerprint density at radius 3 is 2.38 bits per heavy atom. The van der Waals surface area contributed by atoms with Crippen molar-refractivity contribution in [3.8, 4) is 0 Å². The normalized spacial score (nSPS) is 10.4. The highest BCUT2D eigenvalue weighted by atomic mass is 79.9. The van der Waals surface area contributed by atoms with Gasteiger partial charge in [-0.25, -0.2) is 0 Å². The topological polar surface area (TPSA) is 82.2 Å². The first-order chi connectivity index (χ1) is 9.88. The molecule has 1 aromatic carbocycles. The number of carbonyl (C=O) groups is 1. The molecule has 0 N–H and O–H groups in total. The van der Waals surface area contributed by atoms with Crippen LogP contribution < -0.4 is 5.56 Å². The maximum absolute atomic E-state index is 12.1. The summed E-state index contributed by atoms with van der Waals surface area (Å²) < 4.78 is 2.21. The Hall–Kier alpha value is -1.80. The second kappa shape index (κ2) is 6.31. The van der Waals surface area contributed by atoms with E-state index in [0.717, 1.165) is 15.1 Å². The first-order valence-corrected chi connectivity index (χ1v) is 7.30. The smallest absolute Gasteiger partial charge is 0.301 e. The first kappa shape index (κ1) is 15.6. The van der Waals surface area contributed by atoms with E-state index in [-0.39, 0.29) is 12.3 Å². The summed E-state index contributed by atoms with van der Waals surface area (Å²) in [5, 5.41) is 10.8. The van der Waals surface area contributed by atoms with Crippen molar-refractivity contribution in [1.29, 1.82) is 0 Å². The van der Waals surface area contributed by atoms with Crippen LogP contribution in [0.2, 0.25) is 0 Å². The Morgan fingerprint density at radius 1 is 1.19 bits per heavy atom. The van der Waals surface area contributed by atoms with E-state index >= 15 is 0 Å². The fraction of sp³-hybridized carbons (Fsp3) is 0.0769. The summed E-state index contributed by atoms with van der Waals surface area (Å²) in [6.45, 7) is -0.263. The lowest BCUT2D eigenvalue weighted by molar-refractivity contribution is -0.386. The molecule has 0 fully saturated rings. The molecule has 6 nitrogen and oxygen atoms in total. The summed E-state index contributed by atoms with van der Waals surface area (Å²) in [4.78, 5) is 34.1. The van der Waals surface area contributed by atoms with Gasteiger partial charge in [0.2, 0.25) is 0 Å². The van der Waals surface area contributed by atoms with Crippen LogP contribution in [0.3, 0.4) is 0 Å². The lowest BCUT2D eigenvalue weighted by atomic mass is 10.1. The summed E-state index contributed by atoms with van der Waals surface area (Å²) in [5.74, 6) is -0.308. The van der Waals surface area contributed by atoms with Gasteiger partial charge in [0, 0.05) is 26.8 Å². The quantitative estimate of drug-likeness (QED) is 0.436. The minimum absolute atomic E-state index is 0.263. The molecule has 2 rings (SSSR count). The highest BCUT2D eigenvalue weighted by Crippen LogP contribution is 2.15. The summed E-state index contributed by atoms with van der Waals surface area (Å²) in [7, 11) is 0. The SMILES string of the molecule is O=C(Cn1cc(Br)cc([N+](=O)[O-])c1=O)c1ccc(Br)cc1. The third kappa shape index (κ3) is 3.64. The zero-order valence-electron chi connectivity index (χ0n) is 10.5. The lowest BCUT2D eigenvalue weighted by Gasteiger charge is -2.06. The molecule has 0 saturated carbocycles. The van der Waals surface area contributed by atoms with E-state index in [4.69, 9.17) is 0 Å². The number of Topliss-reactive ketones (excluding diaryl/α,β-unsaturated/α-hetero) is 1. The van der Waals surface area contributed by atoms with Crippen LogP contribution in [-0.4, -0.2) is 15.3 Å². The molecule has 108 valence electrons. The van der Waals surface area contributed by atoms with E-state index in [0.29, 0.717) is 10.0 Å². The Balaban J connectivity index is 2.35. The zero-order valence-corrected chi connectivity index (χ0v) is 13.6. The standard InChI is InChI=1S/C13H8Br2N2O4/c14-9-3-1-8(2-4-9)12(18)7-16-6-10(15)5-11(13(16)19)17(20)21/h1-6H,7H2. The summed E-state index contributed by atoms with van der Waals surface area (Å²) in [6.07, 6.45) is 1.35. The van der Waals surface area contributed by atoms with Gasteiger partial charge in [-0.1, -0.05) is 28.1 Å². The molecule has 0 aliphatic carbocycles. The molecule has 8 heteroatoms. The maximum Gasteiger partial charge on any atom is 0.335 e. The molecule has 0 atom stereocenters. The first-order valence-electron chi connectivity index (χ1n) is 5.71. The van der Waals surface area contributed by atoms with Gasteiger partial charge in [0.1, 0.15) is 0 Å². The number of hydrogen-bond donors (Lipinski definition) is 0. The van der Waals surface area contributed by atoms with Crippen LogP contribution in [0.5, 0.6) is 0 Å². The molecule has 1 aromatic heterocycles. The van der Waals surface area contributed by atoms with Gasteiger partial charge in [0.05, 0.1) is 11.5 Å². The molecule has 1 heterocycles. The maximum atomic E-state index is 12.1. The number of benzene rings is 1. The predicted molar refractivity (Wildman–Crippen MR) is 83.5 cm³/mol. The van der Waals surface area contributed by atoms with Crippen LogP contribution in [0.25, 0.3) is 0 Å². The van der Waals surface area contributed by atoms with Gasteiger partial charge in [-0.15, -0.1) is 0 Å². The van der Waals surface area contributed by atoms with Crippen LogP contribution >= 0.6 is 31.9 Å². The van der Waals surface area contributed by atoms with Crippen molar-refractivity contribution in [2.45, 2.75) is 6.54 Å². The monoisotopic (exact) mass is 414 g/mol. The van der Waals surface area contributed by atoms with Crippen molar-refractivity contribution in [2.75, 3.05) is 0 Å². The van der Waals surface area contributed by atoms with E-state index in [9.17, 15) is 19.7 Å². The molecular weight excluding hydrogens is 408 g/mol. The van der Waals surface area contributed by atoms with E-state index in [1.165, 1.54) is 6.20 Å². The summed E-state index contributed by atoms with van der Waals surface area (Å²) in [6, 6.07) is 7.76. The van der Waals surface area contributed by atoms with E-state index < -0.39 is 16.2 Å². The van der Waals surface area contributed by atoms with Crippen molar-refractivity contribution < 1.29 is 9.72 Å². The van der Waals surface area contributed by atoms with Crippen LogP contribution in [0.15, 0.2) is 50.3 Å². The van der Waals surface area contributed by atoms with Crippen molar-refractivity contribution in [3.05, 3.63) is 71.5 Å². The van der Waals surface area contributed by atoms with Gasteiger partial charge >= 0.3 is 11.2 Å². The Bertz CT molecular complexity index is 769. The van der Waals surface area contributed by atoms with Crippen LogP contribution in [0.1, 0.15) is 10.4 Å². The summed E-state index contributed by atoms with van der Waals surface area (Å²) in [5.41, 5.74) is -0.964. The number of carbonyl (C=O) groups excluding carboxylic acids is 1. The molecule has 0 spiro atoms. The minimum atomic E-state index is -0.811. The highest BCUT2D eigenvalue weighted by molar-refractivity contribution is 9.10. The number of halogens is 2. The molecule has 21 heavy (non-hydrogen) atoms. The number of rotatable bonds is 4. The van der Waals surface area contributed by atoms with Gasteiger partial charge in [0.25, 0.3) is 0 Å². The lowest BCUT2D eigenvalue weighted by Crippen LogP contribution is -2.25. The largest absolute Gasteiger partial charge is 0.335 e. The highest BCUT2D eigenvalue weighted by Gasteiger charge is 2.17. The Labute approximate surface area is 135 Å². The third-order valence-corrected chi connectivity index (χ3v) is 3.67. The third-order valence-electron chi connectivity index (χ3n) is 2.71. The van der Waals surface area contributed by atoms with Crippen LogP contribution in [0, 0.1) is 10.1 Å². The van der Waals surface area contributed by atoms with Crippen molar-refractivity contribution >= 4 is 43.3 Å². The molecule has 2 aromatic rings. The molecule has 0 saturated heterocycles. The van der Waals surface area contributed by atoms with Gasteiger partial charge in [0.15, 0.2) is 5.78 Å². The van der Waals surface area contributed by atoms with E-state index in [1.54, 1.807) is 24.3 Å². The molecule has 0 aliphatic heterocycles. The van der Waals surface area contributed by atoms with Crippen molar-refractivity contribution in [1.82, 2.24) is 4.57 Å². The number of ketones is 1. The second-order valence-electron chi connectivity index (χ2n) is 4.16. The average molecular weight is 416 g/mol. The van der Waals surface area contributed by atoms with Gasteiger partial charge in [-0.2, -0.15) is 0 Å². The van der Waals surface area contributed by atoms with Gasteiger partial charge in [-0.3, -0.25) is 19.7 Å². The van der Waals surface area contributed by atoms with Crippen LogP contribution in [0.4, 0.5) is 5.69 Å². The van der Waals surface area contributed by atoms with E-state index in [2.05, 4.69) is 31.9 Å². The Kier molecular flexibility index (Phi) is 4.69. The number of pyridine rings is 1. The van der Waals surface area contributed by atoms with Crippen molar-refractivity contribution in [2.24, 2.45) is 0 Å². The van der Waals surface area contributed by atoms with Crippen molar-refractivity contribution in [3.63, 3.8) is 0 Å². The molecule has 0 aliphatic rings. The molecular formula is C13H8Br2N2O4. The number of nitro groups is 1. The predicted octanol–water partition coefficient (Wildman–Crippen LogP) is 3.16. The summed E-state index contributed by atoms with van der Waals surface area (Å²) >= 11 is 6.35. The number of aromatic nitrogens is 1. The zero-order chi connectivity index (χ0) is 15.6. The van der Waals surface area contributed by atoms with Gasteiger partial charge < -0.3 is 4.57 Å². The molecule has 0 amide bonds. The Morgan fingerprint density at radius 2 is 1.81 bits per heavy atom. The fourth-order valence-electron chi connectivity index (χ4n) is 1.71. The number of nitrogens with zero attached hydrogens (tertiary/aromatic N) is 2. The van der Waals surface area contributed by atoms with Gasteiger partial charge in [-0.05, 0) is 28.1 Å². The molecule has 0 radical (unpaired) electrons. The van der Waals surface area contributed by atoms with Crippen LogP contribution in [-0.2, 0) is 6.54 Å².